The van der Waals surface area contributed by atoms with E-state index in [1.54, 1.807) is 6.07 Å². The molecule has 0 aliphatic carbocycles. The SMILES string of the molecule is CC(C)(C)c1cccc(C#Cc2cnccc2C(=O)NCC(=O)N2CC(F)(F)C[C@H]2C#N)c1. The molecule has 1 atom stereocenters. The molecule has 1 aromatic heterocycles. The maximum Gasteiger partial charge on any atom is 0.268 e. The summed E-state index contributed by atoms with van der Waals surface area (Å²) in [7, 11) is 0. The first-order valence-electron chi connectivity index (χ1n) is 10.4. The van der Waals surface area contributed by atoms with Crippen molar-refractivity contribution in [1.82, 2.24) is 15.2 Å². The standard InChI is InChI=1S/C25H24F2N4O2/c1-24(2,3)19-6-4-5-17(11-19)7-8-18-14-29-10-9-21(18)23(33)30-15-22(32)31-16-25(26,27)12-20(31)13-28/h4-6,9-11,14,20H,12,15-16H2,1-3H3,(H,30,33)/t20-/m0/s1. The fourth-order valence-corrected chi connectivity index (χ4v) is 3.44. The van der Waals surface area contributed by atoms with E-state index >= 15 is 0 Å². The topological polar surface area (TPSA) is 86.1 Å². The van der Waals surface area contributed by atoms with E-state index in [-0.39, 0.29) is 11.0 Å². The van der Waals surface area contributed by atoms with Crippen molar-refractivity contribution in [2.45, 2.75) is 44.6 Å². The maximum atomic E-state index is 13.6. The number of hydrogen-bond donors (Lipinski definition) is 1. The molecule has 1 fully saturated rings. The van der Waals surface area contributed by atoms with Crippen molar-refractivity contribution in [3.05, 3.63) is 65.0 Å². The number of aromatic nitrogens is 1. The van der Waals surface area contributed by atoms with Crippen molar-refractivity contribution < 1.29 is 18.4 Å². The predicted molar refractivity (Wildman–Crippen MR) is 118 cm³/mol. The number of alkyl halides is 2. The number of nitrogens with zero attached hydrogens (tertiary/aromatic N) is 3. The van der Waals surface area contributed by atoms with E-state index in [1.807, 2.05) is 24.3 Å². The lowest BCUT2D eigenvalue weighted by atomic mass is 9.86. The Labute approximate surface area is 191 Å². The lowest BCUT2D eigenvalue weighted by molar-refractivity contribution is -0.131. The van der Waals surface area contributed by atoms with Crippen LogP contribution in [0.4, 0.5) is 8.78 Å². The van der Waals surface area contributed by atoms with Crippen molar-refractivity contribution in [2.24, 2.45) is 0 Å². The third-order valence-electron chi connectivity index (χ3n) is 5.28. The van der Waals surface area contributed by atoms with Gasteiger partial charge in [0.15, 0.2) is 0 Å². The van der Waals surface area contributed by atoms with Gasteiger partial charge >= 0.3 is 0 Å². The fraction of sp³-hybridized carbons (Fsp3) is 0.360. The van der Waals surface area contributed by atoms with Gasteiger partial charge in [-0.3, -0.25) is 14.6 Å². The number of carbonyl (C=O) groups is 2. The zero-order chi connectivity index (χ0) is 24.2. The van der Waals surface area contributed by atoms with Crippen LogP contribution in [0.1, 0.15) is 54.2 Å². The Balaban J connectivity index is 1.73. The average Bonchev–Trinajstić information content (AvgIpc) is 3.10. The lowest BCUT2D eigenvalue weighted by Crippen LogP contribution is -2.43. The van der Waals surface area contributed by atoms with Gasteiger partial charge in [-0.15, -0.1) is 0 Å². The Morgan fingerprint density at radius 3 is 2.73 bits per heavy atom. The van der Waals surface area contributed by atoms with E-state index in [9.17, 15) is 18.4 Å². The van der Waals surface area contributed by atoms with Gasteiger partial charge in [-0.05, 0) is 29.2 Å². The zero-order valence-corrected chi connectivity index (χ0v) is 18.7. The highest BCUT2D eigenvalue weighted by atomic mass is 19.3. The van der Waals surface area contributed by atoms with Crippen molar-refractivity contribution in [3.8, 4) is 17.9 Å². The van der Waals surface area contributed by atoms with Gasteiger partial charge < -0.3 is 10.2 Å². The van der Waals surface area contributed by atoms with Crippen LogP contribution in [0.3, 0.4) is 0 Å². The molecule has 2 heterocycles. The van der Waals surface area contributed by atoms with E-state index in [2.05, 4.69) is 42.9 Å². The van der Waals surface area contributed by atoms with Gasteiger partial charge in [-0.25, -0.2) is 8.78 Å². The van der Waals surface area contributed by atoms with Crippen LogP contribution < -0.4 is 5.32 Å². The van der Waals surface area contributed by atoms with Crippen molar-refractivity contribution in [2.75, 3.05) is 13.1 Å². The number of nitriles is 1. The summed E-state index contributed by atoms with van der Waals surface area (Å²) in [6.45, 7) is 4.97. The van der Waals surface area contributed by atoms with Crippen LogP contribution in [0.5, 0.6) is 0 Å². The van der Waals surface area contributed by atoms with Gasteiger partial charge in [-0.2, -0.15) is 5.26 Å². The van der Waals surface area contributed by atoms with E-state index in [4.69, 9.17) is 5.26 Å². The molecule has 1 aliphatic heterocycles. The molecule has 1 saturated heterocycles. The summed E-state index contributed by atoms with van der Waals surface area (Å²) in [6, 6.07) is 9.77. The van der Waals surface area contributed by atoms with Crippen molar-refractivity contribution >= 4 is 11.8 Å². The Bertz CT molecular complexity index is 1170. The van der Waals surface area contributed by atoms with Gasteiger partial charge in [0.05, 0.1) is 30.3 Å². The second-order valence-corrected chi connectivity index (χ2v) is 8.91. The monoisotopic (exact) mass is 450 g/mol. The lowest BCUT2D eigenvalue weighted by Gasteiger charge is -2.19. The van der Waals surface area contributed by atoms with Crippen LogP contribution in [-0.2, 0) is 10.2 Å². The number of amides is 2. The number of likely N-dealkylation sites (tertiary alicyclic amines) is 1. The number of rotatable bonds is 3. The van der Waals surface area contributed by atoms with Gasteiger partial charge in [0.25, 0.3) is 11.8 Å². The average molecular weight is 450 g/mol. The Hall–Kier alpha value is -3.78. The number of carbonyl (C=O) groups excluding carboxylic acids is 2. The molecule has 6 nitrogen and oxygen atoms in total. The molecule has 33 heavy (non-hydrogen) atoms. The Kier molecular flexibility index (Phi) is 6.78. The second kappa shape index (κ2) is 9.38. The van der Waals surface area contributed by atoms with Crippen LogP contribution in [0.25, 0.3) is 0 Å². The number of nitrogens with one attached hydrogen (secondary N) is 1. The van der Waals surface area contributed by atoms with Gasteiger partial charge in [0, 0.05) is 24.4 Å². The van der Waals surface area contributed by atoms with Crippen LogP contribution in [0.15, 0.2) is 42.7 Å². The van der Waals surface area contributed by atoms with Crippen LogP contribution >= 0.6 is 0 Å². The minimum absolute atomic E-state index is 0.0343. The largest absolute Gasteiger partial charge is 0.343 e. The third kappa shape index (κ3) is 5.93. The summed E-state index contributed by atoms with van der Waals surface area (Å²) in [5.74, 6) is 1.54. The minimum Gasteiger partial charge on any atom is -0.343 e. The molecule has 3 rings (SSSR count). The summed E-state index contributed by atoms with van der Waals surface area (Å²) in [4.78, 5) is 29.8. The van der Waals surface area contributed by atoms with E-state index in [1.165, 1.54) is 18.5 Å². The molecule has 0 saturated carbocycles. The first-order chi connectivity index (χ1) is 15.5. The van der Waals surface area contributed by atoms with Gasteiger partial charge in [0.2, 0.25) is 5.91 Å². The molecule has 8 heteroatoms. The van der Waals surface area contributed by atoms with Crippen molar-refractivity contribution in [3.63, 3.8) is 0 Å². The van der Waals surface area contributed by atoms with Crippen molar-refractivity contribution in [1.29, 1.82) is 5.26 Å². The Morgan fingerprint density at radius 1 is 1.27 bits per heavy atom. The molecule has 1 aromatic carbocycles. The number of halogens is 2. The number of benzene rings is 1. The summed E-state index contributed by atoms with van der Waals surface area (Å²) in [5.41, 5.74) is 2.45. The van der Waals surface area contributed by atoms with Crippen LogP contribution in [0.2, 0.25) is 0 Å². The van der Waals surface area contributed by atoms with E-state index in [0.717, 1.165) is 16.0 Å². The van der Waals surface area contributed by atoms with Crippen LogP contribution in [-0.4, -0.2) is 46.8 Å². The molecule has 0 spiro atoms. The first-order valence-corrected chi connectivity index (χ1v) is 10.4. The first kappa shape index (κ1) is 23.9. The van der Waals surface area contributed by atoms with Gasteiger partial charge in [0.1, 0.15) is 6.04 Å². The Morgan fingerprint density at radius 2 is 2.03 bits per heavy atom. The fourth-order valence-electron chi connectivity index (χ4n) is 3.44. The highest BCUT2D eigenvalue weighted by Gasteiger charge is 2.47. The normalized spacial score (nSPS) is 17.0. The van der Waals surface area contributed by atoms with Gasteiger partial charge in [-0.1, -0.05) is 44.7 Å². The summed E-state index contributed by atoms with van der Waals surface area (Å²) in [6.07, 6.45) is 2.17. The molecule has 0 radical (unpaired) electrons. The zero-order valence-electron chi connectivity index (χ0n) is 18.7. The summed E-state index contributed by atoms with van der Waals surface area (Å²) < 4.78 is 27.1. The van der Waals surface area contributed by atoms with E-state index in [0.29, 0.717) is 5.56 Å². The third-order valence-corrected chi connectivity index (χ3v) is 5.28. The molecule has 170 valence electrons. The second-order valence-electron chi connectivity index (χ2n) is 8.91. The molecule has 0 unspecified atom stereocenters. The van der Waals surface area contributed by atoms with Crippen LogP contribution in [0, 0.1) is 23.2 Å². The molecular weight excluding hydrogens is 426 g/mol. The highest BCUT2D eigenvalue weighted by Crippen LogP contribution is 2.31. The molecule has 1 aliphatic rings. The number of pyridine rings is 1. The smallest absolute Gasteiger partial charge is 0.268 e. The van der Waals surface area contributed by atoms with E-state index < -0.39 is 43.3 Å². The quantitative estimate of drug-likeness (QED) is 0.728. The number of hydrogen-bond acceptors (Lipinski definition) is 4. The predicted octanol–water partition coefficient (Wildman–Crippen LogP) is 3.27. The summed E-state index contributed by atoms with van der Waals surface area (Å²) >= 11 is 0. The molecular formula is C25H24F2N4O2. The summed E-state index contributed by atoms with van der Waals surface area (Å²) in [5, 5.41) is 11.5. The molecule has 2 aromatic rings. The molecule has 0 bridgehead atoms. The maximum absolute atomic E-state index is 13.6. The highest BCUT2D eigenvalue weighted by molar-refractivity contribution is 5.98. The molecule has 1 N–H and O–H groups in total. The molecule has 2 amide bonds. The minimum atomic E-state index is -3.11.